The summed E-state index contributed by atoms with van der Waals surface area (Å²) < 4.78 is 0. The second kappa shape index (κ2) is 6.22. The van der Waals surface area contributed by atoms with E-state index in [0.717, 1.165) is 10.9 Å². The topological polar surface area (TPSA) is 59.2 Å². The molecule has 0 aliphatic carbocycles. The highest BCUT2D eigenvalue weighted by Gasteiger charge is 2.24. The summed E-state index contributed by atoms with van der Waals surface area (Å²) in [5.74, 6) is 0.0395. The van der Waals surface area contributed by atoms with Crippen molar-refractivity contribution in [3.63, 3.8) is 0 Å². The molecule has 0 radical (unpaired) electrons. The largest absolute Gasteiger partial charge is 0.338 e. The van der Waals surface area contributed by atoms with E-state index in [9.17, 15) is 4.79 Å². The van der Waals surface area contributed by atoms with Gasteiger partial charge in [-0.25, -0.2) is 0 Å². The first-order valence-corrected chi connectivity index (χ1v) is 7.31. The quantitative estimate of drug-likeness (QED) is 0.919. The summed E-state index contributed by atoms with van der Waals surface area (Å²) >= 11 is 0. The SMILES string of the molecule is CCN(CC(C)(C)CN)C(=O)c1ccnc2ccccc12. The number of benzene rings is 1. The van der Waals surface area contributed by atoms with Crippen molar-refractivity contribution in [2.75, 3.05) is 19.6 Å². The van der Waals surface area contributed by atoms with Gasteiger partial charge in [0.1, 0.15) is 0 Å². The van der Waals surface area contributed by atoms with Crippen molar-refractivity contribution >= 4 is 16.8 Å². The summed E-state index contributed by atoms with van der Waals surface area (Å²) in [5.41, 5.74) is 7.25. The molecule has 2 aromatic rings. The first-order valence-electron chi connectivity index (χ1n) is 7.31. The molecular weight excluding hydrogens is 262 g/mol. The van der Waals surface area contributed by atoms with Crippen LogP contribution in [0.15, 0.2) is 36.5 Å². The Morgan fingerprint density at radius 1 is 1.29 bits per heavy atom. The van der Waals surface area contributed by atoms with E-state index in [1.54, 1.807) is 12.3 Å². The zero-order chi connectivity index (χ0) is 15.5. The van der Waals surface area contributed by atoms with Gasteiger partial charge in [-0.05, 0) is 31.0 Å². The van der Waals surface area contributed by atoms with Gasteiger partial charge in [0.2, 0.25) is 0 Å². The minimum absolute atomic E-state index is 0.0395. The van der Waals surface area contributed by atoms with Gasteiger partial charge in [0.05, 0.1) is 11.1 Å². The number of hydrogen-bond acceptors (Lipinski definition) is 3. The summed E-state index contributed by atoms with van der Waals surface area (Å²) in [6.07, 6.45) is 1.69. The maximum Gasteiger partial charge on any atom is 0.254 e. The maximum atomic E-state index is 12.8. The lowest BCUT2D eigenvalue weighted by molar-refractivity contribution is 0.0703. The van der Waals surface area contributed by atoms with E-state index < -0.39 is 0 Å². The van der Waals surface area contributed by atoms with Crippen molar-refractivity contribution in [2.24, 2.45) is 11.1 Å². The Balaban J connectivity index is 2.36. The van der Waals surface area contributed by atoms with E-state index in [0.29, 0.717) is 25.2 Å². The van der Waals surface area contributed by atoms with Crippen LogP contribution < -0.4 is 5.73 Å². The number of carbonyl (C=O) groups is 1. The van der Waals surface area contributed by atoms with Crippen LogP contribution >= 0.6 is 0 Å². The number of nitrogens with two attached hydrogens (primary N) is 1. The number of carbonyl (C=O) groups excluding carboxylic acids is 1. The molecule has 0 saturated carbocycles. The number of fused-ring (bicyclic) bond motifs is 1. The van der Waals surface area contributed by atoms with Crippen molar-refractivity contribution in [3.05, 3.63) is 42.1 Å². The molecule has 0 saturated heterocycles. The van der Waals surface area contributed by atoms with Crippen LogP contribution in [-0.4, -0.2) is 35.4 Å². The lowest BCUT2D eigenvalue weighted by Gasteiger charge is -2.31. The number of aromatic nitrogens is 1. The molecule has 1 amide bonds. The molecule has 1 aromatic heterocycles. The summed E-state index contributed by atoms with van der Waals surface area (Å²) in [7, 11) is 0. The molecule has 2 N–H and O–H groups in total. The van der Waals surface area contributed by atoms with Crippen molar-refractivity contribution in [1.82, 2.24) is 9.88 Å². The molecule has 0 aliphatic rings. The number of nitrogens with zero attached hydrogens (tertiary/aromatic N) is 2. The third-order valence-electron chi connectivity index (χ3n) is 3.72. The molecule has 0 aliphatic heterocycles. The molecule has 4 heteroatoms. The van der Waals surface area contributed by atoms with Crippen molar-refractivity contribution in [2.45, 2.75) is 20.8 Å². The van der Waals surface area contributed by atoms with Gasteiger partial charge in [-0.1, -0.05) is 32.0 Å². The summed E-state index contributed by atoms with van der Waals surface area (Å²) in [4.78, 5) is 19.0. The number of rotatable bonds is 5. The van der Waals surface area contributed by atoms with E-state index in [4.69, 9.17) is 5.73 Å². The summed E-state index contributed by atoms with van der Waals surface area (Å²) in [6, 6.07) is 9.52. The monoisotopic (exact) mass is 285 g/mol. The molecule has 4 nitrogen and oxygen atoms in total. The molecule has 1 heterocycles. The highest BCUT2D eigenvalue weighted by atomic mass is 16.2. The van der Waals surface area contributed by atoms with Gasteiger partial charge in [-0.2, -0.15) is 0 Å². The molecule has 1 aromatic carbocycles. The smallest absolute Gasteiger partial charge is 0.254 e. The van der Waals surface area contributed by atoms with Gasteiger partial charge in [-0.3, -0.25) is 9.78 Å². The van der Waals surface area contributed by atoms with Crippen molar-refractivity contribution in [1.29, 1.82) is 0 Å². The standard InChI is InChI=1S/C17H23N3O/c1-4-20(12-17(2,3)11-18)16(21)14-9-10-19-15-8-6-5-7-13(14)15/h5-10H,4,11-12,18H2,1-3H3. The predicted molar refractivity (Wildman–Crippen MR) is 86.2 cm³/mol. The molecule has 112 valence electrons. The van der Waals surface area contributed by atoms with Gasteiger partial charge in [0.25, 0.3) is 5.91 Å². The first kappa shape index (κ1) is 15.4. The van der Waals surface area contributed by atoms with E-state index in [-0.39, 0.29) is 11.3 Å². The van der Waals surface area contributed by atoms with Crippen LogP contribution in [0.5, 0.6) is 0 Å². The molecule has 0 bridgehead atoms. The third-order valence-corrected chi connectivity index (χ3v) is 3.72. The number of hydrogen-bond donors (Lipinski definition) is 1. The Hall–Kier alpha value is -1.94. The van der Waals surface area contributed by atoms with Gasteiger partial charge in [0, 0.05) is 24.7 Å². The normalized spacial score (nSPS) is 11.6. The summed E-state index contributed by atoms with van der Waals surface area (Å²) in [6.45, 7) is 8.01. The van der Waals surface area contributed by atoms with Crippen LogP contribution in [-0.2, 0) is 0 Å². The fraction of sp³-hybridized carbons (Fsp3) is 0.412. The van der Waals surface area contributed by atoms with Crippen molar-refractivity contribution < 1.29 is 4.79 Å². The Bertz CT molecular complexity index is 631. The van der Waals surface area contributed by atoms with Gasteiger partial charge < -0.3 is 10.6 Å². The molecule has 0 unspecified atom stereocenters. The minimum atomic E-state index is -0.0888. The average Bonchev–Trinajstić information content (AvgIpc) is 2.51. The van der Waals surface area contributed by atoms with Crippen LogP contribution in [0.25, 0.3) is 10.9 Å². The second-order valence-corrected chi connectivity index (χ2v) is 6.06. The molecule has 21 heavy (non-hydrogen) atoms. The van der Waals surface area contributed by atoms with E-state index >= 15 is 0 Å². The Morgan fingerprint density at radius 3 is 2.67 bits per heavy atom. The van der Waals surface area contributed by atoms with Crippen LogP contribution in [0.1, 0.15) is 31.1 Å². The zero-order valence-corrected chi connectivity index (χ0v) is 13.0. The minimum Gasteiger partial charge on any atom is -0.338 e. The van der Waals surface area contributed by atoms with Gasteiger partial charge >= 0.3 is 0 Å². The fourth-order valence-electron chi connectivity index (χ4n) is 2.36. The third kappa shape index (κ3) is 3.39. The predicted octanol–water partition coefficient (Wildman–Crippen LogP) is 2.68. The second-order valence-electron chi connectivity index (χ2n) is 6.06. The number of amides is 1. The lowest BCUT2D eigenvalue weighted by Crippen LogP contribution is -2.42. The fourth-order valence-corrected chi connectivity index (χ4v) is 2.36. The van der Waals surface area contributed by atoms with E-state index in [1.165, 1.54) is 0 Å². The summed E-state index contributed by atoms with van der Waals surface area (Å²) in [5, 5.41) is 0.897. The highest BCUT2D eigenvalue weighted by Crippen LogP contribution is 2.21. The Morgan fingerprint density at radius 2 is 2.00 bits per heavy atom. The molecule has 0 spiro atoms. The zero-order valence-electron chi connectivity index (χ0n) is 13.0. The van der Waals surface area contributed by atoms with Crippen LogP contribution in [0.3, 0.4) is 0 Å². The Labute approximate surface area is 126 Å². The highest BCUT2D eigenvalue weighted by molar-refractivity contribution is 6.05. The van der Waals surface area contributed by atoms with Crippen molar-refractivity contribution in [3.8, 4) is 0 Å². The van der Waals surface area contributed by atoms with Crippen LogP contribution in [0, 0.1) is 5.41 Å². The van der Waals surface area contributed by atoms with Crippen LogP contribution in [0.4, 0.5) is 0 Å². The van der Waals surface area contributed by atoms with E-state index in [1.807, 2.05) is 36.1 Å². The molecular formula is C17H23N3O. The number of para-hydroxylation sites is 1. The Kier molecular flexibility index (Phi) is 4.58. The van der Waals surface area contributed by atoms with Gasteiger partial charge in [-0.15, -0.1) is 0 Å². The number of pyridine rings is 1. The average molecular weight is 285 g/mol. The van der Waals surface area contributed by atoms with Gasteiger partial charge in [0.15, 0.2) is 0 Å². The first-order chi connectivity index (χ1) is 9.98. The lowest BCUT2D eigenvalue weighted by atomic mass is 9.92. The molecule has 0 fully saturated rings. The molecule has 2 rings (SSSR count). The van der Waals surface area contributed by atoms with Crippen LogP contribution in [0.2, 0.25) is 0 Å². The molecule has 0 atom stereocenters. The maximum absolute atomic E-state index is 12.8. The van der Waals surface area contributed by atoms with E-state index in [2.05, 4.69) is 18.8 Å².